The van der Waals surface area contributed by atoms with Crippen molar-refractivity contribution in [3.05, 3.63) is 29.6 Å². The average Bonchev–Trinajstić information content (AvgIpc) is 2.81. The van der Waals surface area contributed by atoms with Gasteiger partial charge in [0.05, 0.1) is 11.7 Å². The Labute approximate surface area is 105 Å². The van der Waals surface area contributed by atoms with E-state index < -0.39 is 11.8 Å². The number of ether oxygens (including phenoxy) is 1. The number of rotatable bonds is 4. The second kappa shape index (κ2) is 5.35. The predicted octanol–water partition coefficient (Wildman–Crippen LogP) is 2.14. The largest absolute Gasteiger partial charge is 0.478 e. The smallest absolute Gasteiger partial charge is 0.338 e. The molecule has 1 atom stereocenters. The van der Waals surface area contributed by atoms with Crippen molar-refractivity contribution in [1.82, 2.24) is 0 Å². The Balaban J connectivity index is 2.08. The first kappa shape index (κ1) is 12.8. The summed E-state index contributed by atoms with van der Waals surface area (Å²) in [5.74, 6) is -1.96. The molecule has 1 N–H and O–H groups in total. The monoisotopic (exact) mass is 253 g/mol. The van der Waals surface area contributed by atoms with E-state index in [1.54, 1.807) is 6.07 Å². The zero-order chi connectivity index (χ0) is 13.1. The van der Waals surface area contributed by atoms with E-state index in [-0.39, 0.29) is 11.7 Å². The summed E-state index contributed by atoms with van der Waals surface area (Å²) in [6.07, 6.45) is 2.25. The predicted molar refractivity (Wildman–Crippen MR) is 65.6 cm³/mol. The number of carboxylic acid groups (broad SMARTS) is 1. The Hall–Kier alpha value is -1.62. The van der Waals surface area contributed by atoms with Crippen molar-refractivity contribution in [3.8, 4) is 0 Å². The van der Waals surface area contributed by atoms with Gasteiger partial charge in [0, 0.05) is 25.9 Å². The zero-order valence-electron chi connectivity index (χ0n) is 10.2. The van der Waals surface area contributed by atoms with Crippen molar-refractivity contribution < 1.29 is 19.0 Å². The number of aromatic carboxylic acids is 1. The SMILES string of the molecule is CN(CC1CCCO1)c1ccc(C(=O)O)c(F)c1. The fourth-order valence-electron chi connectivity index (χ4n) is 2.11. The van der Waals surface area contributed by atoms with Gasteiger partial charge in [0.2, 0.25) is 0 Å². The Morgan fingerprint density at radius 2 is 2.39 bits per heavy atom. The lowest BCUT2D eigenvalue weighted by Crippen LogP contribution is -2.28. The summed E-state index contributed by atoms with van der Waals surface area (Å²) in [6.45, 7) is 1.47. The lowest BCUT2D eigenvalue weighted by Gasteiger charge is -2.23. The van der Waals surface area contributed by atoms with E-state index in [2.05, 4.69) is 0 Å². The van der Waals surface area contributed by atoms with E-state index in [9.17, 15) is 9.18 Å². The van der Waals surface area contributed by atoms with Gasteiger partial charge in [-0.05, 0) is 31.0 Å². The summed E-state index contributed by atoms with van der Waals surface area (Å²) in [7, 11) is 1.84. The molecule has 1 heterocycles. The number of benzene rings is 1. The molecule has 0 spiro atoms. The molecule has 0 radical (unpaired) electrons. The van der Waals surface area contributed by atoms with E-state index >= 15 is 0 Å². The molecule has 1 fully saturated rings. The third-order valence-corrected chi connectivity index (χ3v) is 3.13. The maximum atomic E-state index is 13.5. The van der Waals surface area contributed by atoms with Crippen LogP contribution in [0.3, 0.4) is 0 Å². The summed E-state index contributed by atoms with van der Waals surface area (Å²) in [4.78, 5) is 12.6. The highest BCUT2D eigenvalue weighted by Crippen LogP contribution is 2.20. The summed E-state index contributed by atoms with van der Waals surface area (Å²) in [5, 5.41) is 8.75. The van der Waals surface area contributed by atoms with E-state index in [4.69, 9.17) is 9.84 Å². The molecule has 1 aliphatic heterocycles. The van der Waals surface area contributed by atoms with Crippen molar-refractivity contribution in [2.45, 2.75) is 18.9 Å². The summed E-state index contributed by atoms with van der Waals surface area (Å²) >= 11 is 0. The van der Waals surface area contributed by atoms with Crippen LogP contribution in [0.2, 0.25) is 0 Å². The molecule has 1 aromatic rings. The van der Waals surface area contributed by atoms with Crippen LogP contribution in [-0.4, -0.2) is 37.4 Å². The number of anilines is 1. The second-order valence-electron chi connectivity index (χ2n) is 4.48. The number of carboxylic acids is 1. The lowest BCUT2D eigenvalue weighted by molar-refractivity contribution is 0.0692. The van der Waals surface area contributed by atoms with Gasteiger partial charge in [0.15, 0.2) is 0 Å². The first-order valence-electron chi connectivity index (χ1n) is 5.93. The van der Waals surface area contributed by atoms with Crippen molar-refractivity contribution >= 4 is 11.7 Å². The zero-order valence-corrected chi connectivity index (χ0v) is 10.2. The van der Waals surface area contributed by atoms with Gasteiger partial charge >= 0.3 is 5.97 Å². The first-order chi connectivity index (χ1) is 8.58. The van der Waals surface area contributed by atoms with Crippen LogP contribution < -0.4 is 4.90 Å². The van der Waals surface area contributed by atoms with Crippen LogP contribution in [0.5, 0.6) is 0 Å². The van der Waals surface area contributed by atoms with Crippen LogP contribution in [0, 0.1) is 5.82 Å². The number of halogens is 1. The molecule has 18 heavy (non-hydrogen) atoms. The fraction of sp³-hybridized carbons (Fsp3) is 0.462. The number of hydrogen-bond acceptors (Lipinski definition) is 3. The molecular formula is C13H16FNO3. The summed E-state index contributed by atoms with van der Waals surface area (Å²) in [6, 6.07) is 4.15. The van der Waals surface area contributed by atoms with Crippen molar-refractivity contribution in [2.75, 3.05) is 25.1 Å². The van der Waals surface area contributed by atoms with E-state index in [0.29, 0.717) is 12.2 Å². The van der Waals surface area contributed by atoms with Gasteiger partial charge in [-0.2, -0.15) is 0 Å². The molecule has 1 saturated heterocycles. The minimum Gasteiger partial charge on any atom is -0.478 e. The number of nitrogens with zero attached hydrogens (tertiary/aromatic N) is 1. The molecule has 0 saturated carbocycles. The third-order valence-electron chi connectivity index (χ3n) is 3.13. The average molecular weight is 253 g/mol. The van der Waals surface area contributed by atoms with E-state index in [0.717, 1.165) is 19.4 Å². The van der Waals surface area contributed by atoms with Crippen LogP contribution in [-0.2, 0) is 4.74 Å². The summed E-state index contributed by atoms with van der Waals surface area (Å²) in [5.41, 5.74) is 0.359. The quantitative estimate of drug-likeness (QED) is 0.893. The van der Waals surface area contributed by atoms with Gasteiger partial charge in [-0.3, -0.25) is 0 Å². The fourth-order valence-corrected chi connectivity index (χ4v) is 2.11. The molecule has 0 aromatic heterocycles. The van der Waals surface area contributed by atoms with Crippen LogP contribution in [0.15, 0.2) is 18.2 Å². The molecular weight excluding hydrogens is 237 g/mol. The molecule has 0 aliphatic carbocycles. The van der Waals surface area contributed by atoms with Crippen LogP contribution >= 0.6 is 0 Å². The van der Waals surface area contributed by atoms with Crippen molar-refractivity contribution in [2.24, 2.45) is 0 Å². The molecule has 1 aliphatic rings. The molecule has 1 aromatic carbocycles. The standard InChI is InChI=1S/C13H16FNO3/c1-15(8-10-3-2-6-18-10)9-4-5-11(13(16)17)12(14)7-9/h4-5,7,10H,2-3,6,8H2,1H3,(H,16,17). The highest BCUT2D eigenvalue weighted by molar-refractivity contribution is 5.88. The van der Waals surface area contributed by atoms with Crippen LogP contribution in [0.1, 0.15) is 23.2 Å². The second-order valence-corrected chi connectivity index (χ2v) is 4.48. The van der Waals surface area contributed by atoms with Gasteiger partial charge in [0.1, 0.15) is 5.82 Å². The third kappa shape index (κ3) is 2.79. The Morgan fingerprint density at radius 1 is 1.61 bits per heavy atom. The minimum absolute atomic E-state index is 0.178. The van der Waals surface area contributed by atoms with Gasteiger partial charge in [-0.1, -0.05) is 0 Å². The molecule has 98 valence electrons. The van der Waals surface area contributed by atoms with Crippen LogP contribution in [0.4, 0.5) is 10.1 Å². The number of carbonyl (C=O) groups is 1. The molecule has 0 amide bonds. The van der Waals surface area contributed by atoms with Gasteiger partial charge < -0.3 is 14.7 Å². The lowest BCUT2D eigenvalue weighted by atomic mass is 10.1. The number of likely N-dealkylation sites (N-methyl/N-ethyl adjacent to an activating group) is 1. The Kier molecular flexibility index (Phi) is 3.81. The van der Waals surface area contributed by atoms with Crippen LogP contribution in [0.25, 0.3) is 0 Å². The molecule has 2 rings (SSSR count). The Bertz CT molecular complexity index is 444. The van der Waals surface area contributed by atoms with E-state index in [1.807, 2.05) is 11.9 Å². The summed E-state index contributed by atoms with van der Waals surface area (Å²) < 4.78 is 19.0. The normalized spacial score (nSPS) is 18.9. The van der Waals surface area contributed by atoms with Gasteiger partial charge in [0.25, 0.3) is 0 Å². The van der Waals surface area contributed by atoms with E-state index in [1.165, 1.54) is 12.1 Å². The highest BCUT2D eigenvalue weighted by atomic mass is 19.1. The molecule has 1 unspecified atom stereocenters. The Morgan fingerprint density at radius 3 is 2.94 bits per heavy atom. The maximum absolute atomic E-state index is 13.5. The topological polar surface area (TPSA) is 49.8 Å². The van der Waals surface area contributed by atoms with Gasteiger partial charge in [-0.15, -0.1) is 0 Å². The van der Waals surface area contributed by atoms with Crippen molar-refractivity contribution in [3.63, 3.8) is 0 Å². The first-order valence-corrected chi connectivity index (χ1v) is 5.93. The van der Waals surface area contributed by atoms with Crippen molar-refractivity contribution in [1.29, 1.82) is 0 Å². The molecule has 4 nitrogen and oxygen atoms in total. The van der Waals surface area contributed by atoms with Gasteiger partial charge in [-0.25, -0.2) is 9.18 Å². The molecule has 5 heteroatoms. The number of hydrogen-bond donors (Lipinski definition) is 1. The minimum atomic E-state index is -1.25. The maximum Gasteiger partial charge on any atom is 0.338 e. The molecule has 0 bridgehead atoms. The highest BCUT2D eigenvalue weighted by Gasteiger charge is 2.18.